The van der Waals surface area contributed by atoms with Gasteiger partial charge in [-0.15, -0.1) is 0 Å². The number of carbonyl (C=O) groups is 1. The van der Waals surface area contributed by atoms with Crippen LogP contribution in [-0.4, -0.2) is 27.3 Å². The van der Waals surface area contributed by atoms with Crippen LogP contribution < -0.4 is 5.73 Å². The van der Waals surface area contributed by atoms with E-state index in [0.29, 0.717) is 35.7 Å². The minimum Gasteiger partial charge on any atom is -0.368 e. The molecule has 1 saturated carbocycles. The summed E-state index contributed by atoms with van der Waals surface area (Å²) in [6.07, 6.45) is 3.86. The molecule has 5 nitrogen and oxygen atoms in total. The molecule has 30 heavy (non-hydrogen) atoms. The quantitative estimate of drug-likeness (QED) is 0.759. The Balaban J connectivity index is 1.63. The number of alkyl halides is 3. The van der Waals surface area contributed by atoms with Gasteiger partial charge in [-0.25, -0.2) is 9.97 Å². The van der Waals surface area contributed by atoms with Gasteiger partial charge in [0.05, 0.1) is 17.3 Å². The van der Waals surface area contributed by atoms with E-state index in [2.05, 4.69) is 9.97 Å². The number of amides is 1. The Bertz CT molecular complexity index is 908. The molecule has 0 spiro atoms. The second-order valence-electron chi connectivity index (χ2n) is 8.20. The normalized spacial score (nSPS) is 20.1. The fourth-order valence-corrected chi connectivity index (χ4v) is 4.65. The third-order valence-electron chi connectivity index (χ3n) is 6.19. The standard InChI is InChI=1S/C22H25F3N4O/c23-22(24,25)16-9-7-15(8-10-16)17-13-27-21(26)28-20(17)18-6-3-11-29(18)19(30)12-14-4-1-2-5-14/h7-10,13-14,18H,1-6,11-12H2,(H2,26,27,28)/t18-/m1/s1. The van der Waals surface area contributed by atoms with Crippen molar-refractivity contribution in [1.82, 2.24) is 14.9 Å². The molecule has 1 saturated heterocycles. The maximum absolute atomic E-state index is 13.0. The number of nitrogens with two attached hydrogens (primary N) is 1. The molecule has 1 aromatic carbocycles. The average molecular weight is 418 g/mol. The number of benzene rings is 1. The highest BCUT2D eigenvalue weighted by atomic mass is 19.4. The maximum Gasteiger partial charge on any atom is 0.416 e. The molecule has 2 heterocycles. The van der Waals surface area contributed by atoms with E-state index in [0.717, 1.165) is 37.8 Å². The molecule has 2 aromatic rings. The van der Waals surface area contributed by atoms with E-state index in [1.165, 1.54) is 31.2 Å². The Kier molecular flexibility index (Phi) is 5.66. The van der Waals surface area contributed by atoms with E-state index in [-0.39, 0.29) is 17.9 Å². The van der Waals surface area contributed by atoms with Crippen molar-refractivity contribution in [3.05, 3.63) is 41.7 Å². The van der Waals surface area contributed by atoms with Crippen LogP contribution in [0, 0.1) is 5.92 Å². The molecule has 0 bridgehead atoms. The van der Waals surface area contributed by atoms with E-state index < -0.39 is 11.7 Å². The molecule has 2 fully saturated rings. The first-order valence-corrected chi connectivity index (χ1v) is 10.4. The largest absolute Gasteiger partial charge is 0.416 e. The average Bonchev–Trinajstić information content (AvgIpc) is 3.39. The molecular formula is C22H25F3N4O. The zero-order valence-corrected chi connectivity index (χ0v) is 16.7. The predicted molar refractivity (Wildman–Crippen MR) is 107 cm³/mol. The van der Waals surface area contributed by atoms with Crippen LogP contribution in [0.4, 0.5) is 19.1 Å². The maximum atomic E-state index is 13.0. The Hall–Kier alpha value is -2.64. The van der Waals surface area contributed by atoms with Gasteiger partial charge >= 0.3 is 6.18 Å². The molecule has 2 N–H and O–H groups in total. The van der Waals surface area contributed by atoms with Gasteiger partial charge in [0.1, 0.15) is 0 Å². The number of carbonyl (C=O) groups excluding carboxylic acids is 1. The lowest BCUT2D eigenvalue weighted by molar-refractivity contribution is -0.137. The van der Waals surface area contributed by atoms with Crippen molar-refractivity contribution in [2.24, 2.45) is 5.92 Å². The number of rotatable bonds is 4. The Morgan fingerprint density at radius 3 is 2.47 bits per heavy atom. The van der Waals surface area contributed by atoms with Crippen LogP contribution in [0.3, 0.4) is 0 Å². The van der Waals surface area contributed by atoms with Crippen molar-refractivity contribution in [3.8, 4) is 11.1 Å². The van der Waals surface area contributed by atoms with Gasteiger partial charge < -0.3 is 10.6 Å². The van der Waals surface area contributed by atoms with Crippen molar-refractivity contribution in [3.63, 3.8) is 0 Å². The van der Waals surface area contributed by atoms with E-state index in [1.807, 2.05) is 4.90 Å². The summed E-state index contributed by atoms with van der Waals surface area (Å²) >= 11 is 0. The second-order valence-corrected chi connectivity index (χ2v) is 8.20. The first-order valence-electron chi connectivity index (χ1n) is 10.4. The molecule has 1 amide bonds. The number of halogens is 3. The molecule has 4 rings (SSSR count). The number of anilines is 1. The van der Waals surface area contributed by atoms with Gasteiger partial charge in [0.25, 0.3) is 0 Å². The van der Waals surface area contributed by atoms with Crippen molar-refractivity contribution in [2.45, 2.75) is 57.2 Å². The molecule has 0 radical (unpaired) electrons. The lowest BCUT2D eigenvalue weighted by Gasteiger charge is -2.27. The third kappa shape index (κ3) is 4.27. The van der Waals surface area contributed by atoms with Gasteiger partial charge in [-0.2, -0.15) is 13.2 Å². The summed E-state index contributed by atoms with van der Waals surface area (Å²) in [4.78, 5) is 23.3. The zero-order chi connectivity index (χ0) is 21.3. The lowest BCUT2D eigenvalue weighted by Crippen LogP contribution is -2.32. The van der Waals surface area contributed by atoms with Crippen LogP contribution in [0.25, 0.3) is 11.1 Å². The summed E-state index contributed by atoms with van der Waals surface area (Å²) in [5.74, 6) is 0.666. The van der Waals surface area contributed by atoms with Crippen LogP contribution in [0.2, 0.25) is 0 Å². The number of aromatic nitrogens is 2. The molecule has 160 valence electrons. The van der Waals surface area contributed by atoms with Crippen LogP contribution in [0.15, 0.2) is 30.5 Å². The highest BCUT2D eigenvalue weighted by Gasteiger charge is 2.35. The van der Waals surface area contributed by atoms with Gasteiger partial charge in [-0.3, -0.25) is 4.79 Å². The summed E-state index contributed by atoms with van der Waals surface area (Å²) < 4.78 is 38.8. The van der Waals surface area contributed by atoms with Crippen LogP contribution in [0.1, 0.15) is 62.2 Å². The highest BCUT2D eigenvalue weighted by molar-refractivity contribution is 5.78. The van der Waals surface area contributed by atoms with Crippen LogP contribution in [0.5, 0.6) is 0 Å². The van der Waals surface area contributed by atoms with E-state index >= 15 is 0 Å². The summed E-state index contributed by atoms with van der Waals surface area (Å²) in [7, 11) is 0. The SMILES string of the molecule is Nc1ncc(-c2ccc(C(F)(F)F)cc2)c([C@H]2CCCN2C(=O)CC2CCCC2)n1. The molecular weight excluding hydrogens is 393 g/mol. The van der Waals surface area contributed by atoms with Gasteiger partial charge in [0.15, 0.2) is 0 Å². The molecule has 1 atom stereocenters. The molecule has 1 aliphatic carbocycles. The summed E-state index contributed by atoms with van der Waals surface area (Å²) in [5, 5.41) is 0. The molecule has 2 aliphatic rings. The number of nitrogens with zero attached hydrogens (tertiary/aromatic N) is 3. The summed E-state index contributed by atoms with van der Waals surface area (Å²) in [6, 6.07) is 4.70. The Morgan fingerprint density at radius 2 is 1.80 bits per heavy atom. The zero-order valence-electron chi connectivity index (χ0n) is 16.7. The Labute approximate surface area is 173 Å². The topological polar surface area (TPSA) is 72.1 Å². The van der Waals surface area contributed by atoms with Crippen molar-refractivity contribution in [2.75, 3.05) is 12.3 Å². The smallest absolute Gasteiger partial charge is 0.368 e. The first kappa shape index (κ1) is 20.6. The van der Waals surface area contributed by atoms with E-state index in [1.54, 1.807) is 0 Å². The minimum absolute atomic E-state index is 0.0933. The van der Waals surface area contributed by atoms with Crippen molar-refractivity contribution >= 4 is 11.9 Å². The second kappa shape index (κ2) is 8.24. The van der Waals surface area contributed by atoms with E-state index in [9.17, 15) is 18.0 Å². The van der Waals surface area contributed by atoms with Crippen LogP contribution >= 0.6 is 0 Å². The fraction of sp³-hybridized carbons (Fsp3) is 0.500. The fourth-order valence-electron chi connectivity index (χ4n) is 4.65. The highest BCUT2D eigenvalue weighted by Crippen LogP contribution is 2.39. The molecule has 0 unspecified atom stereocenters. The Morgan fingerprint density at radius 1 is 1.10 bits per heavy atom. The minimum atomic E-state index is -4.39. The van der Waals surface area contributed by atoms with Crippen molar-refractivity contribution in [1.29, 1.82) is 0 Å². The van der Waals surface area contributed by atoms with Gasteiger partial charge in [0, 0.05) is 24.7 Å². The lowest BCUT2D eigenvalue weighted by atomic mass is 9.98. The number of hydrogen-bond donors (Lipinski definition) is 1. The monoisotopic (exact) mass is 418 g/mol. The summed E-state index contributed by atoms with van der Waals surface area (Å²) in [5.41, 5.74) is 6.93. The molecule has 8 heteroatoms. The third-order valence-corrected chi connectivity index (χ3v) is 6.19. The van der Waals surface area contributed by atoms with Crippen LogP contribution in [-0.2, 0) is 11.0 Å². The first-order chi connectivity index (χ1) is 14.3. The van der Waals surface area contributed by atoms with Crippen molar-refractivity contribution < 1.29 is 18.0 Å². The summed E-state index contributed by atoms with van der Waals surface area (Å²) in [6.45, 7) is 0.659. The van der Waals surface area contributed by atoms with Gasteiger partial charge in [-0.1, -0.05) is 25.0 Å². The van der Waals surface area contributed by atoms with Gasteiger partial charge in [0.2, 0.25) is 11.9 Å². The predicted octanol–water partition coefficient (Wildman–Crippen LogP) is 4.99. The molecule has 1 aliphatic heterocycles. The number of hydrogen-bond acceptors (Lipinski definition) is 4. The number of likely N-dealkylation sites (tertiary alicyclic amines) is 1. The van der Waals surface area contributed by atoms with Gasteiger partial charge in [-0.05, 0) is 49.3 Å². The number of nitrogen functional groups attached to an aromatic ring is 1. The molecule has 1 aromatic heterocycles. The van der Waals surface area contributed by atoms with E-state index in [4.69, 9.17) is 5.73 Å².